The second-order valence-electron chi connectivity index (χ2n) is 8.27. The molecule has 1 aromatic rings. The van der Waals surface area contributed by atoms with Crippen LogP contribution in [0.1, 0.15) is 51.9 Å². The van der Waals surface area contributed by atoms with Gasteiger partial charge in [-0.3, -0.25) is 4.79 Å². The van der Waals surface area contributed by atoms with Crippen LogP contribution >= 0.6 is 0 Å². The van der Waals surface area contributed by atoms with Crippen LogP contribution in [0.4, 0.5) is 4.79 Å². The molecule has 0 aliphatic carbocycles. The smallest absolute Gasteiger partial charge is 0.408 e. The number of nitrogens with one attached hydrogen (secondary N) is 1. The number of carbonyl (C=O) groups excluding carboxylic acids is 3. The Morgan fingerprint density at radius 1 is 0.893 bits per heavy atom. The summed E-state index contributed by atoms with van der Waals surface area (Å²) < 4.78 is 33.5. The van der Waals surface area contributed by atoms with E-state index in [0.29, 0.717) is 0 Å². The van der Waals surface area contributed by atoms with E-state index in [2.05, 4.69) is 5.32 Å². The summed E-state index contributed by atoms with van der Waals surface area (Å²) in [5.41, 5.74) is -1.67. The van der Waals surface area contributed by atoms with E-state index in [9.17, 15) is 22.8 Å². The Morgan fingerprint density at radius 2 is 1.36 bits per heavy atom. The van der Waals surface area contributed by atoms with Gasteiger partial charge in [-0.25, -0.2) is 18.0 Å². The van der Waals surface area contributed by atoms with Crippen molar-refractivity contribution in [3.63, 3.8) is 0 Å². The van der Waals surface area contributed by atoms with Crippen LogP contribution in [0, 0.1) is 0 Å². The summed E-state index contributed by atoms with van der Waals surface area (Å²) in [7, 11) is -3.44. The van der Waals surface area contributed by atoms with Crippen LogP contribution in [-0.2, 0) is 24.1 Å². The van der Waals surface area contributed by atoms with E-state index in [1.165, 1.54) is 24.3 Å². The minimum atomic E-state index is -3.44. The molecule has 1 amide bonds. The number of alkyl carbamates (subject to hydrolysis) is 1. The maximum atomic E-state index is 12.8. The highest BCUT2D eigenvalue weighted by molar-refractivity contribution is 7.90. The predicted octanol–water partition coefficient (Wildman–Crippen LogP) is 2.51. The van der Waals surface area contributed by atoms with Gasteiger partial charge in [-0.2, -0.15) is 0 Å². The number of amides is 1. The molecule has 0 saturated carbocycles. The molecule has 0 spiro atoms. The lowest BCUT2D eigenvalue weighted by Gasteiger charge is -2.25. The Labute approximate surface area is 165 Å². The predicted molar refractivity (Wildman–Crippen MR) is 103 cm³/mol. The Balaban J connectivity index is 3.17. The molecule has 1 unspecified atom stereocenters. The summed E-state index contributed by atoms with van der Waals surface area (Å²) in [5.74, 6) is -1.70. The molecule has 28 heavy (non-hydrogen) atoms. The first-order chi connectivity index (χ1) is 12.5. The van der Waals surface area contributed by atoms with Crippen molar-refractivity contribution in [3.05, 3.63) is 29.8 Å². The van der Waals surface area contributed by atoms with Gasteiger partial charge in [-0.05, 0) is 53.7 Å². The van der Waals surface area contributed by atoms with Gasteiger partial charge in [0.25, 0.3) is 0 Å². The third kappa shape index (κ3) is 7.67. The summed E-state index contributed by atoms with van der Waals surface area (Å²) in [6, 6.07) is 3.41. The van der Waals surface area contributed by atoms with E-state index < -0.39 is 44.9 Å². The zero-order valence-electron chi connectivity index (χ0n) is 17.2. The fourth-order valence-electron chi connectivity index (χ4n) is 2.05. The molecular formula is C19H27NO7S. The number of hydrogen-bond donors (Lipinski definition) is 1. The number of rotatable bonds is 5. The maximum absolute atomic E-state index is 12.8. The van der Waals surface area contributed by atoms with Gasteiger partial charge < -0.3 is 14.8 Å². The molecule has 0 aromatic heterocycles. The Morgan fingerprint density at radius 3 is 1.75 bits per heavy atom. The Kier molecular flexibility index (Phi) is 7.00. The first kappa shape index (κ1) is 23.6. The van der Waals surface area contributed by atoms with E-state index in [0.717, 1.165) is 6.26 Å². The highest BCUT2D eigenvalue weighted by Gasteiger charge is 2.34. The second kappa shape index (κ2) is 8.30. The number of benzene rings is 1. The number of Topliss-reactive ketones (excluding diaryl/α,β-unsaturated/α-hetero) is 1. The van der Waals surface area contributed by atoms with Gasteiger partial charge in [0.05, 0.1) is 4.90 Å². The number of ketones is 1. The molecule has 0 heterocycles. The van der Waals surface area contributed by atoms with Gasteiger partial charge in [0.15, 0.2) is 21.7 Å². The zero-order chi connectivity index (χ0) is 21.9. The first-order valence-electron chi connectivity index (χ1n) is 8.56. The number of ether oxygens (including phenoxy) is 2. The number of esters is 1. The lowest BCUT2D eigenvalue weighted by Crippen LogP contribution is -2.50. The molecule has 0 saturated heterocycles. The molecular weight excluding hydrogens is 386 g/mol. The SMILES string of the molecule is CC(C)(C)OC(=O)NC(C(=O)OC(C)(C)C)C(=O)c1ccc(S(C)(=O)=O)cc1. The molecule has 156 valence electrons. The summed E-state index contributed by atoms with van der Waals surface area (Å²) in [6.45, 7) is 9.80. The lowest BCUT2D eigenvalue weighted by atomic mass is 10.0. The fourth-order valence-corrected chi connectivity index (χ4v) is 2.68. The fraction of sp³-hybridized carbons (Fsp3) is 0.526. The standard InChI is InChI=1S/C19H27NO7S/c1-18(2,3)26-16(22)14(20-17(23)27-19(4,5)6)15(21)12-8-10-13(11-9-12)28(7,24)25/h8-11,14H,1-7H3,(H,20,23). The molecule has 0 bridgehead atoms. The largest absolute Gasteiger partial charge is 0.458 e. The molecule has 1 aromatic carbocycles. The number of hydrogen-bond acceptors (Lipinski definition) is 7. The van der Waals surface area contributed by atoms with Crippen molar-refractivity contribution in [3.8, 4) is 0 Å². The molecule has 0 aliphatic rings. The second-order valence-corrected chi connectivity index (χ2v) is 10.3. The van der Waals surface area contributed by atoms with Crippen LogP contribution in [0.25, 0.3) is 0 Å². The van der Waals surface area contributed by atoms with Crippen molar-refractivity contribution in [2.45, 2.75) is 63.7 Å². The van der Waals surface area contributed by atoms with Gasteiger partial charge in [0.1, 0.15) is 11.2 Å². The zero-order valence-corrected chi connectivity index (χ0v) is 18.0. The summed E-state index contributed by atoms with van der Waals surface area (Å²) in [5, 5.41) is 2.24. The minimum Gasteiger partial charge on any atom is -0.458 e. The Hall–Kier alpha value is -2.42. The summed E-state index contributed by atoms with van der Waals surface area (Å²) in [6.07, 6.45) is 0.0849. The third-order valence-corrected chi connectivity index (χ3v) is 4.26. The molecule has 8 nitrogen and oxygen atoms in total. The van der Waals surface area contributed by atoms with Gasteiger partial charge in [-0.1, -0.05) is 12.1 Å². The monoisotopic (exact) mass is 413 g/mol. The van der Waals surface area contributed by atoms with E-state index in [1.807, 2.05) is 0 Å². The summed E-state index contributed by atoms with van der Waals surface area (Å²) >= 11 is 0. The average molecular weight is 413 g/mol. The van der Waals surface area contributed by atoms with Crippen molar-refractivity contribution < 1.29 is 32.3 Å². The summed E-state index contributed by atoms with van der Waals surface area (Å²) in [4.78, 5) is 37.4. The van der Waals surface area contributed by atoms with E-state index in [-0.39, 0.29) is 10.5 Å². The Bertz CT molecular complexity index is 844. The molecule has 1 atom stereocenters. The first-order valence-corrected chi connectivity index (χ1v) is 10.5. The van der Waals surface area contributed by atoms with Crippen molar-refractivity contribution in [2.75, 3.05) is 6.26 Å². The van der Waals surface area contributed by atoms with Crippen molar-refractivity contribution in [1.29, 1.82) is 0 Å². The minimum absolute atomic E-state index is 0.0259. The molecule has 0 aliphatic heterocycles. The molecule has 0 radical (unpaired) electrons. The molecule has 1 rings (SSSR count). The lowest BCUT2D eigenvalue weighted by molar-refractivity contribution is -0.155. The van der Waals surface area contributed by atoms with E-state index in [4.69, 9.17) is 9.47 Å². The van der Waals surface area contributed by atoms with E-state index >= 15 is 0 Å². The maximum Gasteiger partial charge on any atom is 0.408 e. The van der Waals surface area contributed by atoms with Crippen molar-refractivity contribution in [1.82, 2.24) is 5.32 Å². The van der Waals surface area contributed by atoms with Gasteiger partial charge in [-0.15, -0.1) is 0 Å². The van der Waals surface area contributed by atoms with Crippen molar-refractivity contribution >= 4 is 27.7 Å². The van der Waals surface area contributed by atoms with Crippen LogP contribution < -0.4 is 5.32 Å². The topological polar surface area (TPSA) is 116 Å². The quantitative estimate of drug-likeness (QED) is 0.448. The number of sulfone groups is 1. The van der Waals surface area contributed by atoms with E-state index in [1.54, 1.807) is 41.5 Å². The number of carbonyl (C=O) groups is 3. The molecule has 1 N–H and O–H groups in total. The van der Waals surface area contributed by atoms with Crippen molar-refractivity contribution in [2.24, 2.45) is 0 Å². The van der Waals surface area contributed by atoms with Gasteiger partial charge in [0.2, 0.25) is 0 Å². The van der Waals surface area contributed by atoms with Gasteiger partial charge in [0, 0.05) is 11.8 Å². The van der Waals surface area contributed by atoms with Crippen LogP contribution in [0.5, 0.6) is 0 Å². The normalized spacial score (nSPS) is 13.4. The van der Waals surface area contributed by atoms with Crippen LogP contribution in [0.3, 0.4) is 0 Å². The highest BCUT2D eigenvalue weighted by Crippen LogP contribution is 2.15. The molecule has 0 fully saturated rings. The van der Waals surface area contributed by atoms with Crippen LogP contribution in [-0.4, -0.2) is 49.8 Å². The van der Waals surface area contributed by atoms with Crippen LogP contribution in [0.15, 0.2) is 29.2 Å². The third-order valence-electron chi connectivity index (χ3n) is 3.13. The molecule has 9 heteroatoms. The van der Waals surface area contributed by atoms with Gasteiger partial charge >= 0.3 is 12.1 Å². The average Bonchev–Trinajstić information content (AvgIpc) is 2.47. The van der Waals surface area contributed by atoms with Crippen LogP contribution in [0.2, 0.25) is 0 Å². The highest BCUT2D eigenvalue weighted by atomic mass is 32.2.